The average Bonchev–Trinajstić information content (AvgIpc) is 2.39. The molecule has 0 aliphatic carbocycles. The molecular weight excluding hydrogens is 251 g/mol. The molecule has 0 spiro atoms. The Morgan fingerprint density at radius 2 is 1.89 bits per heavy atom. The largest absolute Gasteiger partial charge is 0.487 e. The maximum absolute atomic E-state index is 13.7. The first-order valence-electron chi connectivity index (χ1n) is 5.86. The molecular formula is C15H14ClFO. The van der Waals surface area contributed by atoms with Gasteiger partial charge in [-0.05, 0) is 30.2 Å². The van der Waals surface area contributed by atoms with Crippen LogP contribution in [0, 0.1) is 5.82 Å². The van der Waals surface area contributed by atoms with Gasteiger partial charge in [0, 0.05) is 5.56 Å². The third-order valence-corrected chi connectivity index (χ3v) is 3.12. The molecule has 0 saturated heterocycles. The molecule has 0 N–H and O–H groups in total. The molecule has 0 aromatic heterocycles. The summed E-state index contributed by atoms with van der Waals surface area (Å²) in [7, 11) is 0. The molecule has 0 unspecified atom stereocenters. The van der Waals surface area contributed by atoms with Gasteiger partial charge in [-0.3, -0.25) is 0 Å². The zero-order valence-electron chi connectivity index (χ0n) is 10.1. The van der Waals surface area contributed by atoms with Crippen molar-refractivity contribution in [2.45, 2.75) is 20.0 Å². The summed E-state index contributed by atoms with van der Waals surface area (Å²) in [5.41, 5.74) is 1.56. The Kier molecular flexibility index (Phi) is 4.21. The molecule has 0 amide bonds. The first-order chi connectivity index (χ1) is 8.72. The predicted molar refractivity (Wildman–Crippen MR) is 71.6 cm³/mol. The highest BCUT2D eigenvalue weighted by molar-refractivity contribution is 6.32. The second kappa shape index (κ2) is 5.87. The van der Waals surface area contributed by atoms with E-state index in [4.69, 9.17) is 16.3 Å². The Balaban J connectivity index is 2.18. The molecule has 0 aliphatic rings. The van der Waals surface area contributed by atoms with E-state index in [9.17, 15) is 4.39 Å². The van der Waals surface area contributed by atoms with Crippen molar-refractivity contribution in [2.75, 3.05) is 0 Å². The second-order valence-corrected chi connectivity index (χ2v) is 4.36. The summed E-state index contributed by atoms with van der Waals surface area (Å²) in [4.78, 5) is 0. The van der Waals surface area contributed by atoms with Crippen molar-refractivity contribution in [1.82, 2.24) is 0 Å². The summed E-state index contributed by atoms with van der Waals surface area (Å²) in [6, 6.07) is 12.3. The van der Waals surface area contributed by atoms with Crippen molar-refractivity contribution in [3.05, 3.63) is 64.4 Å². The van der Waals surface area contributed by atoms with Gasteiger partial charge in [-0.15, -0.1) is 0 Å². The van der Waals surface area contributed by atoms with Crippen LogP contribution in [0.4, 0.5) is 4.39 Å². The molecule has 0 fully saturated rings. The third-order valence-electron chi connectivity index (χ3n) is 2.81. The summed E-state index contributed by atoms with van der Waals surface area (Å²) in [5, 5.41) is 0.534. The van der Waals surface area contributed by atoms with Crippen LogP contribution in [0.2, 0.25) is 5.02 Å². The van der Waals surface area contributed by atoms with Crippen LogP contribution < -0.4 is 4.74 Å². The molecule has 0 saturated carbocycles. The van der Waals surface area contributed by atoms with Gasteiger partial charge in [-0.25, -0.2) is 4.39 Å². The molecule has 0 aliphatic heterocycles. The minimum absolute atomic E-state index is 0.194. The van der Waals surface area contributed by atoms with Crippen molar-refractivity contribution in [1.29, 1.82) is 0 Å². The van der Waals surface area contributed by atoms with Gasteiger partial charge in [0.05, 0.1) is 5.02 Å². The third kappa shape index (κ3) is 2.82. The van der Waals surface area contributed by atoms with Gasteiger partial charge in [0.2, 0.25) is 0 Å². The predicted octanol–water partition coefficient (Wildman–Crippen LogP) is 4.62. The smallest absolute Gasteiger partial charge is 0.138 e. The standard InChI is InChI=1S/C15H14ClFO/c1-2-11-6-5-8-14(17)12(11)10-18-15-9-4-3-7-13(15)16/h3-9H,2,10H2,1H3. The summed E-state index contributed by atoms with van der Waals surface area (Å²) >= 11 is 5.99. The molecule has 3 heteroatoms. The van der Waals surface area contributed by atoms with Crippen LogP contribution in [-0.2, 0) is 13.0 Å². The first kappa shape index (κ1) is 12.9. The Bertz CT molecular complexity index is 540. The van der Waals surface area contributed by atoms with E-state index < -0.39 is 0 Å². The van der Waals surface area contributed by atoms with Crippen molar-refractivity contribution < 1.29 is 9.13 Å². The Labute approximate surface area is 111 Å². The van der Waals surface area contributed by atoms with E-state index in [1.54, 1.807) is 18.2 Å². The molecule has 0 atom stereocenters. The van der Waals surface area contributed by atoms with Gasteiger partial charge in [-0.1, -0.05) is 42.8 Å². The SMILES string of the molecule is CCc1cccc(F)c1COc1ccccc1Cl. The fourth-order valence-corrected chi connectivity index (χ4v) is 2.00. The van der Waals surface area contributed by atoms with E-state index in [0.717, 1.165) is 12.0 Å². The molecule has 2 aromatic carbocycles. The van der Waals surface area contributed by atoms with Gasteiger partial charge in [-0.2, -0.15) is 0 Å². The van der Waals surface area contributed by atoms with E-state index in [1.165, 1.54) is 6.07 Å². The van der Waals surface area contributed by atoms with Gasteiger partial charge in [0.15, 0.2) is 0 Å². The van der Waals surface area contributed by atoms with Crippen LogP contribution in [0.3, 0.4) is 0 Å². The monoisotopic (exact) mass is 264 g/mol. The fraction of sp³-hybridized carbons (Fsp3) is 0.200. The van der Waals surface area contributed by atoms with E-state index in [2.05, 4.69) is 0 Å². The van der Waals surface area contributed by atoms with E-state index in [-0.39, 0.29) is 12.4 Å². The normalized spacial score (nSPS) is 10.4. The topological polar surface area (TPSA) is 9.23 Å². The lowest BCUT2D eigenvalue weighted by Crippen LogP contribution is -2.03. The highest BCUT2D eigenvalue weighted by Gasteiger charge is 2.08. The molecule has 0 bridgehead atoms. The van der Waals surface area contributed by atoms with Crippen molar-refractivity contribution in [3.8, 4) is 5.75 Å². The zero-order valence-corrected chi connectivity index (χ0v) is 10.9. The van der Waals surface area contributed by atoms with Crippen LogP contribution in [0.1, 0.15) is 18.1 Å². The number of para-hydroxylation sites is 1. The molecule has 94 valence electrons. The van der Waals surface area contributed by atoms with Crippen molar-refractivity contribution in [2.24, 2.45) is 0 Å². The second-order valence-electron chi connectivity index (χ2n) is 3.95. The number of hydrogen-bond donors (Lipinski definition) is 0. The Morgan fingerprint density at radius 1 is 1.11 bits per heavy atom. The van der Waals surface area contributed by atoms with E-state index in [1.807, 2.05) is 25.1 Å². The number of hydrogen-bond acceptors (Lipinski definition) is 1. The molecule has 2 aromatic rings. The van der Waals surface area contributed by atoms with Gasteiger partial charge in [0.1, 0.15) is 18.2 Å². The lowest BCUT2D eigenvalue weighted by molar-refractivity contribution is 0.298. The van der Waals surface area contributed by atoms with Gasteiger partial charge >= 0.3 is 0 Å². The number of halogens is 2. The Morgan fingerprint density at radius 3 is 2.61 bits per heavy atom. The summed E-state index contributed by atoms with van der Waals surface area (Å²) in [6.45, 7) is 2.19. The maximum Gasteiger partial charge on any atom is 0.138 e. The maximum atomic E-state index is 13.7. The van der Waals surface area contributed by atoms with Crippen LogP contribution in [0.15, 0.2) is 42.5 Å². The summed E-state index contributed by atoms with van der Waals surface area (Å²) < 4.78 is 19.3. The molecule has 18 heavy (non-hydrogen) atoms. The molecule has 1 nitrogen and oxygen atoms in total. The minimum Gasteiger partial charge on any atom is -0.487 e. The van der Waals surface area contributed by atoms with E-state index in [0.29, 0.717) is 16.3 Å². The number of benzene rings is 2. The van der Waals surface area contributed by atoms with Crippen LogP contribution in [0.25, 0.3) is 0 Å². The van der Waals surface area contributed by atoms with Crippen molar-refractivity contribution >= 4 is 11.6 Å². The lowest BCUT2D eigenvalue weighted by Gasteiger charge is -2.11. The number of aryl methyl sites for hydroxylation is 1. The zero-order chi connectivity index (χ0) is 13.0. The van der Waals surface area contributed by atoms with E-state index >= 15 is 0 Å². The van der Waals surface area contributed by atoms with Gasteiger partial charge in [0.25, 0.3) is 0 Å². The molecule has 0 heterocycles. The fourth-order valence-electron chi connectivity index (χ4n) is 1.81. The van der Waals surface area contributed by atoms with Crippen LogP contribution in [0.5, 0.6) is 5.75 Å². The molecule has 2 rings (SSSR count). The van der Waals surface area contributed by atoms with Crippen LogP contribution >= 0.6 is 11.6 Å². The number of ether oxygens (including phenoxy) is 1. The van der Waals surface area contributed by atoms with Crippen LogP contribution in [-0.4, -0.2) is 0 Å². The quantitative estimate of drug-likeness (QED) is 0.783. The Hall–Kier alpha value is -1.54. The highest BCUT2D eigenvalue weighted by atomic mass is 35.5. The summed E-state index contributed by atoms with van der Waals surface area (Å²) in [5.74, 6) is 0.339. The summed E-state index contributed by atoms with van der Waals surface area (Å²) in [6.07, 6.45) is 0.777. The highest BCUT2D eigenvalue weighted by Crippen LogP contribution is 2.25. The first-order valence-corrected chi connectivity index (χ1v) is 6.23. The van der Waals surface area contributed by atoms with Crippen molar-refractivity contribution in [3.63, 3.8) is 0 Å². The number of rotatable bonds is 4. The molecule has 0 radical (unpaired) electrons. The minimum atomic E-state index is -0.235. The van der Waals surface area contributed by atoms with Gasteiger partial charge < -0.3 is 4.74 Å². The lowest BCUT2D eigenvalue weighted by atomic mass is 10.1. The average molecular weight is 265 g/mol.